The van der Waals surface area contributed by atoms with E-state index in [2.05, 4.69) is 10.3 Å². The highest BCUT2D eigenvalue weighted by atomic mass is 32.1. The minimum absolute atomic E-state index is 0.799. The molecule has 3 rings (SSSR count). The Bertz CT molecular complexity index is 527. The Labute approximate surface area is 118 Å². The average molecular weight is 273 g/mol. The van der Waals surface area contributed by atoms with Crippen molar-refractivity contribution in [2.75, 3.05) is 18.8 Å². The zero-order valence-electron chi connectivity index (χ0n) is 11.0. The average Bonchev–Trinajstić information content (AvgIpc) is 2.89. The summed E-state index contributed by atoms with van der Waals surface area (Å²) in [7, 11) is 0. The van der Waals surface area contributed by atoms with Crippen molar-refractivity contribution >= 4 is 17.0 Å². The molecule has 1 fully saturated rings. The molecule has 1 aromatic carbocycles. The quantitative estimate of drug-likeness (QED) is 0.872. The van der Waals surface area contributed by atoms with Gasteiger partial charge in [0.1, 0.15) is 5.01 Å². The first-order valence-corrected chi connectivity index (χ1v) is 7.72. The van der Waals surface area contributed by atoms with Crippen molar-refractivity contribution in [3.8, 4) is 11.3 Å². The Balaban J connectivity index is 1.70. The van der Waals surface area contributed by atoms with Crippen LogP contribution in [-0.4, -0.2) is 23.0 Å². The van der Waals surface area contributed by atoms with Gasteiger partial charge < -0.3 is 5.73 Å². The van der Waals surface area contributed by atoms with E-state index in [1.54, 1.807) is 11.3 Å². The molecule has 100 valence electrons. The van der Waals surface area contributed by atoms with Crippen molar-refractivity contribution < 1.29 is 0 Å². The number of hydrogen-bond donors (Lipinski definition) is 1. The molecular formula is C15H19N3S. The molecule has 1 saturated heterocycles. The molecule has 0 aliphatic carbocycles. The fourth-order valence-corrected chi connectivity index (χ4v) is 3.32. The highest BCUT2D eigenvalue weighted by Crippen LogP contribution is 2.24. The van der Waals surface area contributed by atoms with E-state index < -0.39 is 0 Å². The van der Waals surface area contributed by atoms with E-state index in [1.165, 1.54) is 37.4 Å². The van der Waals surface area contributed by atoms with E-state index in [9.17, 15) is 0 Å². The van der Waals surface area contributed by atoms with Crippen LogP contribution in [0.5, 0.6) is 0 Å². The Morgan fingerprint density at radius 1 is 1.11 bits per heavy atom. The number of thiazole rings is 1. The number of rotatable bonds is 3. The van der Waals surface area contributed by atoms with Gasteiger partial charge in [-0.15, -0.1) is 11.3 Å². The zero-order valence-corrected chi connectivity index (χ0v) is 11.8. The van der Waals surface area contributed by atoms with Crippen molar-refractivity contribution in [1.29, 1.82) is 0 Å². The van der Waals surface area contributed by atoms with Crippen LogP contribution in [0.1, 0.15) is 24.3 Å². The molecule has 1 aliphatic rings. The maximum absolute atomic E-state index is 5.71. The third kappa shape index (κ3) is 3.14. The van der Waals surface area contributed by atoms with Gasteiger partial charge in [-0.2, -0.15) is 0 Å². The van der Waals surface area contributed by atoms with Gasteiger partial charge in [-0.1, -0.05) is 18.6 Å². The fraction of sp³-hybridized carbons (Fsp3) is 0.400. The largest absolute Gasteiger partial charge is 0.399 e. The molecule has 0 bridgehead atoms. The molecular weight excluding hydrogens is 254 g/mol. The number of nitrogens with two attached hydrogens (primary N) is 1. The number of piperidine rings is 1. The zero-order chi connectivity index (χ0) is 13.1. The summed E-state index contributed by atoms with van der Waals surface area (Å²) in [6.45, 7) is 3.44. The van der Waals surface area contributed by atoms with Crippen molar-refractivity contribution in [1.82, 2.24) is 9.88 Å². The molecule has 2 heterocycles. The van der Waals surface area contributed by atoms with Gasteiger partial charge in [-0.25, -0.2) is 4.98 Å². The summed E-state index contributed by atoms with van der Waals surface area (Å²) in [5.74, 6) is 0. The number of benzene rings is 1. The molecule has 0 spiro atoms. The molecule has 0 atom stereocenters. The number of anilines is 1. The predicted molar refractivity (Wildman–Crippen MR) is 81.1 cm³/mol. The van der Waals surface area contributed by atoms with Crippen molar-refractivity contribution in [3.05, 3.63) is 34.7 Å². The van der Waals surface area contributed by atoms with Crippen LogP contribution in [0.25, 0.3) is 11.3 Å². The highest BCUT2D eigenvalue weighted by molar-refractivity contribution is 7.09. The monoisotopic (exact) mass is 273 g/mol. The molecule has 2 aromatic rings. The highest BCUT2D eigenvalue weighted by Gasteiger charge is 2.12. The smallest absolute Gasteiger partial charge is 0.107 e. The Morgan fingerprint density at radius 3 is 2.58 bits per heavy atom. The van der Waals surface area contributed by atoms with Crippen molar-refractivity contribution in [2.45, 2.75) is 25.8 Å². The van der Waals surface area contributed by atoms with Gasteiger partial charge in [0, 0.05) is 16.6 Å². The van der Waals surface area contributed by atoms with E-state index in [1.807, 2.05) is 24.3 Å². The Kier molecular flexibility index (Phi) is 3.80. The van der Waals surface area contributed by atoms with E-state index in [-0.39, 0.29) is 0 Å². The van der Waals surface area contributed by atoms with Crippen LogP contribution in [0, 0.1) is 0 Å². The van der Waals surface area contributed by atoms with Crippen molar-refractivity contribution in [3.63, 3.8) is 0 Å². The third-order valence-corrected chi connectivity index (χ3v) is 4.40. The number of aromatic nitrogens is 1. The van der Waals surface area contributed by atoms with E-state index in [4.69, 9.17) is 10.7 Å². The second kappa shape index (κ2) is 5.72. The third-order valence-electron chi connectivity index (χ3n) is 3.57. The van der Waals surface area contributed by atoms with Gasteiger partial charge in [0.15, 0.2) is 0 Å². The molecule has 1 aliphatic heterocycles. The van der Waals surface area contributed by atoms with Crippen LogP contribution >= 0.6 is 11.3 Å². The summed E-state index contributed by atoms with van der Waals surface area (Å²) in [6.07, 6.45) is 4.04. The maximum Gasteiger partial charge on any atom is 0.107 e. The van der Waals surface area contributed by atoms with Gasteiger partial charge in [-0.3, -0.25) is 4.90 Å². The fourth-order valence-electron chi connectivity index (χ4n) is 2.48. The van der Waals surface area contributed by atoms with E-state index >= 15 is 0 Å². The van der Waals surface area contributed by atoms with E-state index in [0.29, 0.717) is 0 Å². The topological polar surface area (TPSA) is 42.1 Å². The lowest BCUT2D eigenvalue weighted by Crippen LogP contribution is -2.28. The summed E-state index contributed by atoms with van der Waals surface area (Å²) in [4.78, 5) is 7.25. The van der Waals surface area contributed by atoms with Crippen molar-refractivity contribution in [2.24, 2.45) is 0 Å². The molecule has 1 aromatic heterocycles. The van der Waals surface area contributed by atoms with Gasteiger partial charge in [0.05, 0.1) is 12.2 Å². The first kappa shape index (κ1) is 12.6. The van der Waals surface area contributed by atoms with Crippen LogP contribution in [0.4, 0.5) is 5.69 Å². The lowest BCUT2D eigenvalue weighted by Gasteiger charge is -2.25. The number of likely N-dealkylation sites (tertiary alicyclic amines) is 1. The Morgan fingerprint density at radius 2 is 1.84 bits per heavy atom. The van der Waals surface area contributed by atoms with Gasteiger partial charge >= 0.3 is 0 Å². The van der Waals surface area contributed by atoms with Crippen LogP contribution in [0.15, 0.2) is 29.6 Å². The first-order valence-electron chi connectivity index (χ1n) is 6.84. The van der Waals surface area contributed by atoms with E-state index in [0.717, 1.165) is 23.5 Å². The summed E-state index contributed by atoms with van der Waals surface area (Å²) >= 11 is 1.76. The van der Waals surface area contributed by atoms with Gasteiger partial charge in [-0.05, 0) is 38.1 Å². The molecule has 0 unspecified atom stereocenters. The van der Waals surface area contributed by atoms with Gasteiger partial charge in [0.2, 0.25) is 0 Å². The standard InChI is InChI=1S/C15H19N3S/c16-13-6-4-12(5-7-13)14-11-19-15(17-14)10-18-8-2-1-3-9-18/h4-7,11H,1-3,8-10,16H2. The second-order valence-electron chi connectivity index (χ2n) is 5.09. The number of nitrogens with zero attached hydrogens (tertiary/aromatic N) is 2. The number of nitrogen functional groups attached to an aromatic ring is 1. The number of hydrogen-bond acceptors (Lipinski definition) is 4. The summed E-state index contributed by atoms with van der Waals surface area (Å²) in [6, 6.07) is 7.93. The molecule has 0 saturated carbocycles. The molecule has 0 amide bonds. The van der Waals surface area contributed by atoms with Crippen LogP contribution in [0.3, 0.4) is 0 Å². The summed E-state index contributed by atoms with van der Waals surface area (Å²) < 4.78 is 0. The first-order chi connectivity index (χ1) is 9.31. The SMILES string of the molecule is Nc1ccc(-c2csc(CN3CCCCC3)n2)cc1. The normalized spacial score (nSPS) is 16.6. The van der Waals surface area contributed by atoms with Crippen LogP contribution in [0.2, 0.25) is 0 Å². The molecule has 19 heavy (non-hydrogen) atoms. The summed E-state index contributed by atoms with van der Waals surface area (Å²) in [5.41, 5.74) is 8.72. The van der Waals surface area contributed by atoms with Crippen LogP contribution in [-0.2, 0) is 6.54 Å². The second-order valence-corrected chi connectivity index (χ2v) is 6.03. The minimum Gasteiger partial charge on any atom is -0.399 e. The lowest BCUT2D eigenvalue weighted by atomic mass is 10.1. The van der Waals surface area contributed by atoms with Gasteiger partial charge in [0.25, 0.3) is 0 Å². The summed E-state index contributed by atoms with van der Waals surface area (Å²) in [5, 5.41) is 3.36. The lowest BCUT2D eigenvalue weighted by molar-refractivity contribution is 0.220. The molecule has 2 N–H and O–H groups in total. The maximum atomic E-state index is 5.71. The molecule has 3 nitrogen and oxygen atoms in total. The van der Waals surface area contributed by atoms with Crippen LogP contribution < -0.4 is 5.73 Å². The Hall–Kier alpha value is -1.39. The molecule has 4 heteroatoms. The predicted octanol–water partition coefficient (Wildman–Crippen LogP) is 3.38. The minimum atomic E-state index is 0.799. The molecule has 0 radical (unpaired) electrons.